The summed E-state index contributed by atoms with van der Waals surface area (Å²) in [5.74, 6) is 0.533. The van der Waals surface area contributed by atoms with Crippen LogP contribution in [-0.4, -0.2) is 16.1 Å². The molecule has 0 aliphatic carbocycles. The van der Waals surface area contributed by atoms with E-state index in [0.29, 0.717) is 23.2 Å². The number of hydrogen-bond donors (Lipinski definition) is 1. The molecule has 1 aromatic carbocycles. The summed E-state index contributed by atoms with van der Waals surface area (Å²) in [4.78, 5) is 15.1. The van der Waals surface area contributed by atoms with Crippen molar-refractivity contribution in [3.63, 3.8) is 0 Å². The number of benzene rings is 1. The van der Waals surface area contributed by atoms with Crippen LogP contribution in [0.5, 0.6) is 11.6 Å². The van der Waals surface area contributed by atoms with Crippen molar-refractivity contribution in [1.29, 1.82) is 0 Å². The smallest absolute Gasteiger partial charge is 0.337 e. The van der Waals surface area contributed by atoms with Crippen LogP contribution in [0.15, 0.2) is 36.4 Å². The molecular formula is C16H17NO3. The van der Waals surface area contributed by atoms with Crippen LogP contribution in [0.3, 0.4) is 0 Å². The van der Waals surface area contributed by atoms with Crippen molar-refractivity contribution in [2.24, 2.45) is 0 Å². The van der Waals surface area contributed by atoms with E-state index in [9.17, 15) is 4.79 Å². The third-order valence-electron chi connectivity index (χ3n) is 3.04. The third kappa shape index (κ3) is 3.15. The van der Waals surface area contributed by atoms with Crippen molar-refractivity contribution >= 4 is 5.97 Å². The molecule has 20 heavy (non-hydrogen) atoms. The third-order valence-corrected chi connectivity index (χ3v) is 3.04. The number of pyridine rings is 1. The maximum absolute atomic E-state index is 10.9. The van der Waals surface area contributed by atoms with Gasteiger partial charge in [0.05, 0.1) is 11.3 Å². The summed E-state index contributed by atoms with van der Waals surface area (Å²) in [6.07, 6.45) is 0. The normalized spacial score (nSPS) is 10.6. The number of nitrogens with zero attached hydrogens (tertiary/aromatic N) is 1. The van der Waals surface area contributed by atoms with E-state index in [-0.39, 0.29) is 5.56 Å². The van der Waals surface area contributed by atoms with Gasteiger partial charge in [-0.25, -0.2) is 9.78 Å². The Morgan fingerprint density at radius 3 is 2.60 bits per heavy atom. The van der Waals surface area contributed by atoms with Crippen molar-refractivity contribution in [1.82, 2.24) is 4.98 Å². The Labute approximate surface area is 118 Å². The molecule has 1 aromatic heterocycles. The van der Waals surface area contributed by atoms with Crippen LogP contribution in [-0.2, 0) is 0 Å². The fraction of sp³-hybridized carbons (Fsp3) is 0.250. The van der Waals surface area contributed by atoms with Gasteiger partial charge in [0.25, 0.3) is 0 Å². The lowest BCUT2D eigenvalue weighted by Crippen LogP contribution is -2.02. The lowest BCUT2D eigenvalue weighted by atomic mass is 10.0. The van der Waals surface area contributed by atoms with Crippen LogP contribution in [0, 0.1) is 6.92 Å². The molecule has 1 heterocycles. The monoisotopic (exact) mass is 271 g/mol. The molecule has 0 radical (unpaired) electrons. The Bertz CT molecular complexity index is 635. The Hall–Kier alpha value is -2.36. The number of hydrogen-bond acceptors (Lipinski definition) is 3. The van der Waals surface area contributed by atoms with Gasteiger partial charge < -0.3 is 9.84 Å². The number of carboxylic acid groups (broad SMARTS) is 1. The first kappa shape index (κ1) is 14.1. The molecular weight excluding hydrogens is 254 g/mol. The molecule has 0 atom stereocenters. The van der Waals surface area contributed by atoms with E-state index in [4.69, 9.17) is 9.84 Å². The largest absolute Gasteiger partial charge is 0.478 e. The molecule has 0 fully saturated rings. The molecule has 104 valence electrons. The maximum atomic E-state index is 10.9. The van der Waals surface area contributed by atoms with Gasteiger partial charge in [0.2, 0.25) is 5.88 Å². The molecule has 0 bridgehead atoms. The van der Waals surface area contributed by atoms with E-state index in [0.717, 1.165) is 0 Å². The molecule has 0 spiro atoms. The quantitative estimate of drug-likeness (QED) is 0.912. The lowest BCUT2D eigenvalue weighted by Gasteiger charge is -2.10. The van der Waals surface area contributed by atoms with E-state index in [1.54, 1.807) is 13.0 Å². The highest BCUT2D eigenvalue weighted by atomic mass is 16.5. The molecule has 4 heteroatoms. The summed E-state index contributed by atoms with van der Waals surface area (Å²) < 4.78 is 5.68. The summed E-state index contributed by atoms with van der Waals surface area (Å²) in [5.41, 5.74) is 1.81. The minimum atomic E-state index is -0.983. The lowest BCUT2D eigenvalue weighted by molar-refractivity contribution is 0.0695. The minimum absolute atomic E-state index is 0.188. The Morgan fingerprint density at radius 1 is 1.25 bits per heavy atom. The molecule has 2 rings (SSSR count). The summed E-state index contributed by atoms with van der Waals surface area (Å²) in [6.45, 7) is 5.88. The number of aromatic carboxylic acids is 1. The molecule has 0 aliphatic rings. The van der Waals surface area contributed by atoms with Gasteiger partial charge in [-0.1, -0.05) is 26.0 Å². The van der Waals surface area contributed by atoms with Crippen molar-refractivity contribution in [2.75, 3.05) is 0 Å². The molecule has 0 saturated heterocycles. The summed E-state index contributed by atoms with van der Waals surface area (Å²) in [6, 6.07) is 10.9. The van der Waals surface area contributed by atoms with Crippen molar-refractivity contribution in [2.45, 2.75) is 26.7 Å². The maximum Gasteiger partial charge on any atom is 0.337 e. The van der Waals surface area contributed by atoms with Crippen molar-refractivity contribution < 1.29 is 14.6 Å². The van der Waals surface area contributed by atoms with E-state index >= 15 is 0 Å². The molecule has 1 N–H and O–H groups in total. The van der Waals surface area contributed by atoms with Gasteiger partial charge in [0, 0.05) is 6.07 Å². The van der Waals surface area contributed by atoms with E-state index in [1.807, 2.05) is 24.3 Å². The topological polar surface area (TPSA) is 59.4 Å². The minimum Gasteiger partial charge on any atom is -0.478 e. The van der Waals surface area contributed by atoms with Crippen LogP contribution in [0.4, 0.5) is 0 Å². The summed E-state index contributed by atoms with van der Waals surface area (Å²) >= 11 is 0. The predicted octanol–water partition coefficient (Wildman–Crippen LogP) is 4.00. The average molecular weight is 271 g/mol. The highest BCUT2D eigenvalue weighted by Gasteiger charge is 2.10. The zero-order valence-corrected chi connectivity index (χ0v) is 11.8. The second-order valence-electron chi connectivity index (χ2n) is 4.92. The fourth-order valence-electron chi connectivity index (χ4n) is 1.88. The summed E-state index contributed by atoms with van der Waals surface area (Å²) in [7, 11) is 0. The van der Waals surface area contributed by atoms with E-state index in [1.165, 1.54) is 11.6 Å². The first-order valence-corrected chi connectivity index (χ1v) is 6.46. The van der Waals surface area contributed by atoms with Gasteiger partial charge in [-0.05, 0) is 36.6 Å². The van der Waals surface area contributed by atoms with Crippen molar-refractivity contribution in [3.05, 3.63) is 53.2 Å². The number of carboxylic acids is 1. The zero-order valence-electron chi connectivity index (χ0n) is 11.8. The zero-order chi connectivity index (χ0) is 14.7. The molecule has 4 nitrogen and oxygen atoms in total. The Balaban J connectivity index is 2.24. The van der Waals surface area contributed by atoms with E-state index in [2.05, 4.69) is 18.8 Å². The van der Waals surface area contributed by atoms with Gasteiger partial charge >= 0.3 is 5.97 Å². The molecule has 2 aromatic rings. The standard InChI is InChI=1S/C16H17NO3/c1-10(2)12-5-4-6-13(9-12)20-15-8-7-14(16(18)19)11(3)17-15/h4-10H,1-3H3,(H,18,19). The molecule has 0 aliphatic heterocycles. The highest BCUT2D eigenvalue weighted by Crippen LogP contribution is 2.24. The fourth-order valence-corrected chi connectivity index (χ4v) is 1.88. The van der Waals surface area contributed by atoms with Gasteiger partial charge in [-0.15, -0.1) is 0 Å². The highest BCUT2D eigenvalue weighted by molar-refractivity contribution is 5.88. The number of rotatable bonds is 4. The van der Waals surface area contributed by atoms with Gasteiger partial charge in [-0.3, -0.25) is 0 Å². The predicted molar refractivity (Wildman–Crippen MR) is 76.5 cm³/mol. The van der Waals surface area contributed by atoms with Crippen molar-refractivity contribution in [3.8, 4) is 11.6 Å². The average Bonchev–Trinajstić information content (AvgIpc) is 2.38. The van der Waals surface area contributed by atoms with Crippen LogP contribution in [0.2, 0.25) is 0 Å². The van der Waals surface area contributed by atoms with E-state index < -0.39 is 5.97 Å². The second kappa shape index (κ2) is 5.74. The first-order valence-electron chi connectivity index (χ1n) is 6.46. The Morgan fingerprint density at radius 2 is 2.00 bits per heavy atom. The van der Waals surface area contributed by atoms with Crippen LogP contribution in [0.25, 0.3) is 0 Å². The molecule has 0 saturated carbocycles. The second-order valence-corrected chi connectivity index (χ2v) is 4.92. The molecule has 0 unspecified atom stereocenters. The van der Waals surface area contributed by atoms with Crippen LogP contribution in [0.1, 0.15) is 41.4 Å². The summed E-state index contributed by atoms with van der Waals surface area (Å²) in [5, 5.41) is 8.96. The van der Waals surface area contributed by atoms with Crippen LogP contribution >= 0.6 is 0 Å². The van der Waals surface area contributed by atoms with Crippen LogP contribution < -0.4 is 4.74 Å². The first-order chi connectivity index (χ1) is 9.47. The van der Waals surface area contributed by atoms with Gasteiger partial charge in [-0.2, -0.15) is 0 Å². The number of ether oxygens (including phenoxy) is 1. The molecule has 0 amide bonds. The number of aromatic nitrogens is 1. The number of carbonyl (C=O) groups is 1. The number of aryl methyl sites for hydroxylation is 1. The SMILES string of the molecule is Cc1nc(Oc2cccc(C(C)C)c2)ccc1C(=O)O. The van der Waals surface area contributed by atoms with Gasteiger partial charge in [0.15, 0.2) is 0 Å². The Kier molecular flexibility index (Phi) is 4.03. The van der Waals surface area contributed by atoms with Gasteiger partial charge in [0.1, 0.15) is 5.75 Å².